The number of ether oxygens (including phenoxy) is 1. The molecule has 0 bridgehead atoms. The van der Waals surface area contributed by atoms with Gasteiger partial charge in [0.1, 0.15) is 5.75 Å². The van der Waals surface area contributed by atoms with Crippen LogP contribution in [0.25, 0.3) is 0 Å². The van der Waals surface area contributed by atoms with Gasteiger partial charge in [-0.15, -0.1) is 0 Å². The number of benzene rings is 2. The van der Waals surface area contributed by atoms with E-state index in [0.717, 1.165) is 16.9 Å². The molecule has 2 aromatic carbocycles. The molecule has 1 atom stereocenters. The lowest BCUT2D eigenvalue weighted by atomic mass is 9.77. The highest BCUT2D eigenvalue weighted by atomic mass is 16.5. The molecule has 122 valence electrons. The van der Waals surface area contributed by atoms with Crippen molar-refractivity contribution in [2.45, 2.75) is 38.5 Å². The number of hydrogen-bond donors (Lipinski definition) is 1. The van der Waals surface area contributed by atoms with Gasteiger partial charge in [-0.25, -0.2) is 0 Å². The Balaban J connectivity index is 2.49. The first-order valence-electron chi connectivity index (χ1n) is 7.84. The van der Waals surface area contributed by atoms with E-state index in [1.54, 1.807) is 14.0 Å². The molecule has 0 amide bonds. The van der Waals surface area contributed by atoms with Crippen LogP contribution in [0, 0.1) is 0 Å². The molecule has 0 saturated carbocycles. The lowest BCUT2D eigenvalue weighted by Crippen LogP contribution is -2.35. The van der Waals surface area contributed by atoms with Gasteiger partial charge < -0.3 is 9.84 Å². The Kier molecular flexibility index (Phi) is 5.09. The number of methoxy groups -OCH3 is 1. The molecule has 1 N–H and O–H groups in total. The van der Waals surface area contributed by atoms with Crippen molar-refractivity contribution in [1.29, 1.82) is 0 Å². The first-order valence-corrected chi connectivity index (χ1v) is 7.84. The van der Waals surface area contributed by atoms with Crippen molar-refractivity contribution >= 4 is 5.97 Å². The van der Waals surface area contributed by atoms with Crippen molar-refractivity contribution < 1.29 is 14.6 Å². The molecule has 1 unspecified atom stereocenters. The highest BCUT2D eigenvalue weighted by molar-refractivity contribution is 5.81. The third-order valence-electron chi connectivity index (χ3n) is 4.40. The molecule has 2 aromatic rings. The van der Waals surface area contributed by atoms with Gasteiger partial charge in [-0.3, -0.25) is 4.79 Å². The van der Waals surface area contributed by atoms with Crippen LogP contribution in [-0.4, -0.2) is 18.2 Å². The topological polar surface area (TPSA) is 46.5 Å². The normalized spacial score (nSPS) is 13.6. The fraction of sp³-hybridized carbons (Fsp3) is 0.350. The van der Waals surface area contributed by atoms with Gasteiger partial charge in [0.05, 0.1) is 12.5 Å². The fourth-order valence-electron chi connectivity index (χ4n) is 2.78. The third kappa shape index (κ3) is 3.55. The van der Waals surface area contributed by atoms with E-state index < -0.39 is 11.4 Å². The summed E-state index contributed by atoms with van der Waals surface area (Å²) in [4.78, 5) is 12.0. The zero-order valence-electron chi connectivity index (χ0n) is 14.2. The summed E-state index contributed by atoms with van der Waals surface area (Å²) in [7, 11) is 1.62. The molecule has 0 radical (unpaired) electrons. The lowest BCUT2D eigenvalue weighted by Gasteiger charge is -2.27. The van der Waals surface area contributed by atoms with Crippen LogP contribution in [0.5, 0.6) is 5.75 Å². The second-order valence-corrected chi connectivity index (χ2v) is 6.41. The molecular weight excluding hydrogens is 288 g/mol. The number of aliphatic carboxylic acids is 1. The van der Waals surface area contributed by atoms with Crippen molar-refractivity contribution in [3.05, 3.63) is 65.2 Å². The average Bonchev–Trinajstić information content (AvgIpc) is 2.55. The summed E-state index contributed by atoms with van der Waals surface area (Å²) in [6.45, 7) is 6.02. The Morgan fingerprint density at radius 1 is 1.17 bits per heavy atom. The molecule has 0 aromatic heterocycles. The summed E-state index contributed by atoms with van der Waals surface area (Å²) in [6.07, 6.45) is 0.385. The fourth-order valence-corrected chi connectivity index (χ4v) is 2.78. The number of carboxylic acids is 1. The van der Waals surface area contributed by atoms with E-state index in [4.69, 9.17) is 4.74 Å². The van der Waals surface area contributed by atoms with Crippen LogP contribution in [0.3, 0.4) is 0 Å². The predicted molar refractivity (Wildman–Crippen MR) is 92.2 cm³/mol. The van der Waals surface area contributed by atoms with Crippen molar-refractivity contribution in [3.8, 4) is 5.75 Å². The van der Waals surface area contributed by atoms with Gasteiger partial charge in [0.25, 0.3) is 0 Å². The smallest absolute Gasteiger partial charge is 0.314 e. The quantitative estimate of drug-likeness (QED) is 0.859. The minimum absolute atomic E-state index is 0.382. The van der Waals surface area contributed by atoms with Crippen LogP contribution in [-0.2, 0) is 16.6 Å². The lowest BCUT2D eigenvalue weighted by molar-refractivity contribution is -0.143. The molecule has 23 heavy (non-hydrogen) atoms. The Bertz CT molecular complexity index is 677. The summed E-state index contributed by atoms with van der Waals surface area (Å²) >= 11 is 0. The summed E-state index contributed by atoms with van der Waals surface area (Å²) in [5, 5.41) is 9.85. The summed E-state index contributed by atoms with van der Waals surface area (Å²) in [5.41, 5.74) is 1.91. The van der Waals surface area contributed by atoms with Gasteiger partial charge in [-0.1, -0.05) is 56.3 Å². The van der Waals surface area contributed by atoms with E-state index in [1.807, 2.05) is 42.5 Å². The summed E-state index contributed by atoms with van der Waals surface area (Å²) in [6, 6.07) is 15.4. The van der Waals surface area contributed by atoms with E-state index in [2.05, 4.69) is 19.9 Å². The molecule has 0 spiro atoms. The standard InChI is InChI=1S/C20H24O3/c1-14(2)15-10-11-18(23-4)16(12-15)13-20(3,19(21)22)17-8-6-5-7-9-17/h5-12,14H,13H2,1-4H3,(H,21,22). The Labute approximate surface area is 137 Å². The van der Waals surface area contributed by atoms with Gasteiger partial charge in [0.2, 0.25) is 0 Å². The van der Waals surface area contributed by atoms with E-state index in [-0.39, 0.29) is 0 Å². The maximum atomic E-state index is 12.0. The van der Waals surface area contributed by atoms with Crippen molar-refractivity contribution in [2.75, 3.05) is 7.11 Å². The van der Waals surface area contributed by atoms with Gasteiger partial charge in [0.15, 0.2) is 0 Å². The molecule has 3 nitrogen and oxygen atoms in total. The minimum Gasteiger partial charge on any atom is -0.496 e. The monoisotopic (exact) mass is 312 g/mol. The molecule has 0 saturated heterocycles. The molecule has 3 heteroatoms. The zero-order chi connectivity index (χ0) is 17.0. The SMILES string of the molecule is COc1ccc(C(C)C)cc1CC(C)(C(=O)O)c1ccccc1. The Hall–Kier alpha value is -2.29. The molecule has 0 heterocycles. The molecule has 0 aliphatic heterocycles. The van der Waals surface area contributed by atoms with Crippen LogP contribution >= 0.6 is 0 Å². The van der Waals surface area contributed by atoms with Crippen LogP contribution < -0.4 is 4.74 Å². The predicted octanol–water partition coefficient (Wildman–Crippen LogP) is 4.40. The van der Waals surface area contributed by atoms with E-state index in [1.165, 1.54) is 5.56 Å². The molecule has 0 aliphatic carbocycles. The summed E-state index contributed by atoms with van der Waals surface area (Å²) < 4.78 is 5.45. The molecular formula is C20H24O3. The molecule has 0 fully saturated rings. The largest absolute Gasteiger partial charge is 0.496 e. The first-order chi connectivity index (χ1) is 10.9. The Morgan fingerprint density at radius 2 is 1.83 bits per heavy atom. The highest BCUT2D eigenvalue weighted by Crippen LogP contribution is 2.33. The summed E-state index contributed by atoms with van der Waals surface area (Å²) in [5.74, 6) is 0.283. The first kappa shape index (κ1) is 17.1. The number of rotatable bonds is 6. The van der Waals surface area contributed by atoms with Crippen molar-refractivity contribution in [3.63, 3.8) is 0 Å². The molecule has 2 rings (SSSR count). The van der Waals surface area contributed by atoms with Gasteiger partial charge in [-0.05, 0) is 42.0 Å². The Morgan fingerprint density at radius 3 is 2.35 bits per heavy atom. The number of carboxylic acid groups (broad SMARTS) is 1. The zero-order valence-corrected chi connectivity index (χ0v) is 14.2. The van der Waals surface area contributed by atoms with E-state index in [0.29, 0.717) is 12.3 Å². The van der Waals surface area contributed by atoms with Crippen molar-refractivity contribution in [2.24, 2.45) is 0 Å². The second-order valence-electron chi connectivity index (χ2n) is 6.41. The van der Waals surface area contributed by atoms with Crippen LogP contribution in [0.15, 0.2) is 48.5 Å². The minimum atomic E-state index is -0.996. The van der Waals surface area contributed by atoms with Crippen LogP contribution in [0.4, 0.5) is 0 Å². The highest BCUT2D eigenvalue weighted by Gasteiger charge is 2.36. The number of carbonyl (C=O) groups is 1. The van der Waals surface area contributed by atoms with Gasteiger partial charge in [-0.2, -0.15) is 0 Å². The van der Waals surface area contributed by atoms with Crippen LogP contribution in [0.2, 0.25) is 0 Å². The third-order valence-corrected chi connectivity index (χ3v) is 4.40. The van der Waals surface area contributed by atoms with E-state index in [9.17, 15) is 9.90 Å². The van der Waals surface area contributed by atoms with Crippen LogP contribution in [0.1, 0.15) is 43.4 Å². The molecule has 0 aliphatic rings. The average molecular weight is 312 g/mol. The maximum absolute atomic E-state index is 12.0. The van der Waals surface area contributed by atoms with Gasteiger partial charge in [0, 0.05) is 0 Å². The second kappa shape index (κ2) is 6.86. The maximum Gasteiger partial charge on any atom is 0.314 e. The number of hydrogen-bond acceptors (Lipinski definition) is 2. The van der Waals surface area contributed by atoms with Crippen molar-refractivity contribution in [1.82, 2.24) is 0 Å². The van der Waals surface area contributed by atoms with E-state index >= 15 is 0 Å². The van der Waals surface area contributed by atoms with Gasteiger partial charge >= 0.3 is 5.97 Å².